The van der Waals surface area contributed by atoms with Crippen LogP contribution < -0.4 is 5.32 Å². The highest BCUT2D eigenvalue weighted by Gasteiger charge is 2.15. The van der Waals surface area contributed by atoms with Crippen LogP contribution in [0.5, 0.6) is 0 Å². The van der Waals surface area contributed by atoms with Gasteiger partial charge in [0.2, 0.25) is 0 Å². The van der Waals surface area contributed by atoms with E-state index >= 15 is 0 Å². The van der Waals surface area contributed by atoms with E-state index in [2.05, 4.69) is 69.3 Å². The molecule has 24 heavy (non-hydrogen) atoms. The van der Waals surface area contributed by atoms with E-state index in [0.29, 0.717) is 6.54 Å². The Balaban J connectivity index is 2.04. The van der Waals surface area contributed by atoms with E-state index in [1.165, 1.54) is 16.7 Å². The topological polar surface area (TPSA) is 50.1 Å². The van der Waals surface area contributed by atoms with Crippen molar-refractivity contribution >= 4 is 0 Å². The maximum atomic E-state index is 9.11. The lowest BCUT2D eigenvalue weighted by Crippen LogP contribution is -2.19. The van der Waals surface area contributed by atoms with E-state index in [0.717, 1.165) is 17.9 Å². The Labute approximate surface area is 145 Å². The number of aryl methyl sites for hydroxylation is 1. The third-order valence-electron chi connectivity index (χ3n) is 4.70. The summed E-state index contributed by atoms with van der Waals surface area (Å²) in [6.45, 7) is 14.4. The van der Waals surface area contributed by atoms with Crippen LogP contribution in [-0.2, 0) is 18.5 Å². The van der Waals surface area contributed by atoms with Gasteiger partial charge in [0.25, 0.3) is 0 Å². The molecular formula is C20H31N3O. The van der Waals surface area contributed by atoms with Crippen molar-refractivity contribution in [3.05, 3.63) is 52.3 Å². The van der Waals surface area contributed by atoms with E-state index in [9.17, 15) is 0 Å². The summed E-state index contributed by atoms with van der Waals surface area (Å²) in [6.07, 6.45) is 0. The van der Waals surface area contributed by atoms with E-state index in [1.54, 1.807) is 0 Å². The normalized spacial score (nSPS) is 13.3. The van der Waals surface area contributed by atoms with E-state index in [1.807, 2.05) is 11.6 Å². The van der Waals surface area contributed by atoms with Crippen LogP contribution in [0.4, 0.5) is 0 Å². The Morgan fingerprint density at radius 3 is 2.33 bits per heavy atom. The zero-order chi connectivity index (χ0) is 17.9. The third-order valence-corrected chi connectivity index (χ3v) is 4.70. The average Bonchev–Trinajstić information content (AvgIpc) is 2.79. The van der Waals surface area contributed by atoms with Crippen LogP contribution in [0.25, 0.3) is 0 Å². The molecule has 0 fully saturated rings. The van der Waals surface area contributed by atoms with Gasteiger partial charge in [0, 0.05) is 23.8 Å². The molecule has 0 radical (unpaired) electrons. The summed E-state index contributed by atoms with van der Waals surface area (Å²) >= 11 is 0. The molecule has 1 unspecified atom stereocenters. The van der Waals surface area contributed by atoms with E-state index in [4.69, 9.17) is 5.11 Å². The van der Waals surface area contributed by atoms with E-state index < -0.39 is 0 Å². The molecule has 1 heterocycles. The molecule has 132 valence electrons. The van der Waals surface area contributed by atoms with Gasteiger partial charge < -0.3 is 10.4 Å². The van der Waals surface area contributed by atoms with Crippen LogP contribution in [0.2, 0.25) is 0 Å². The molecule has 1 atom stereocenters. The van der Waals surface area contributed by atoms with Crippen molar-refractivity contribution in [1.29, 1.82) is 0 Å². The SMILES string of the molecule is Cc1nn(CCO)c(C)c1CNC(C)c1ccc(C(C)(C)C)cc1. The lowest BCUT2D eigenvalue weighted by molar-refractivity contribution is 0.267. The van der Waals surface area contributed by atoms with Gasteiger partial charge in [-0.25, -0.2) is 0 Å². The van der Waals surface area contributed by atoms with Crippen LogP contribution in [0.15, 0.2) is 24.3 Å². The number of hydrogen-bond donors (Lipinski definition) is 2. The van der Waals surface area contributed by atoms with Crippen LogP contribution in [0.1, 0.15) is 61.8 Å². The minimum absolute atomic E-state index is 0.116. The maximum absolute atomic E-state index is 9.11. The first kappa shape index (κ1) is 18.7. The summed E-state index contributed by atoms with van der Waals surface area (Å²) in [5.41, 5.74) is 6.22. The molecule has 0 amide bonds. The molecular weight excluding hydrogens is 298 g/mol. The summed E-state index contributed by atoms with van der Waals surface area (Å²) in [5, 5.41) is 17.2. The molecule has 1 aromatic carbocycles. The third kappa shape index (κ3) is 4.25. The Morgan fingerprint density at radius 1 is 1.17 bits per heavy atom. The van der Waals surface area contributed by atoms with Gasteiger partial charge in [-0.05, 0) is 37.3 Å². The Morgan fingerprint density at radius 2 is 1.79 bits per heavy atom. The Bertz CT molecular complexity index is 665. The molecule has 2 rings (SSSR count). The van der Waals surface area contributed by atoms with Gasteiger partial charge in [-0.3, -0.25) is 4.68 Å². The molecule has 0 aliphatic carbocycles. The molecule has 4 heteroatoms. The number of rotatable bonds is 6. The van der Waals surface area contributed by atoms with Gasteiger partial charge >= 0.3 is 0 Å². The van der Waals surface area contributed by atoms with Gasteiger partial charge in [0.05, 0.1) is 18.8 Å². The molecule has 1 aromatic heterocycles. The summed E-state index contributed by atoms with van der Waals surface area (Å²) in [4.78, 5) is 0. The number of nitrogens with zero attached hydrogens (tertiary/aromatic N) is 2. The number of benzene rings is 1. The van der Waals surface area contributed by atoms with Crippen molar-refractivity contribution in [2.45, 2.75) is 66.1 Å². The molecule has 0 bridgehead atoms. The summed E-state index contributed by atoms with van der Waals surface area (Å²) in [5.74, 6) is 0. The summed E-state index contributed by atoms with van der Waals surface area (Å²) in [7, 11) is 0. The molecule has 2 aromatic rings. The monoisotopic (exact) mass is 329 g/mol. The standard InChI is InChI=1S/C20H31N3O/c1-14(17-7-9-18(10-8-17)20(4,5)6)21-13-19-15(2)22-23(11-12-24)16(19)3/h7-10,14,21,24H,11-13H2,1-6H3. The van der Waals surface area contributed by atoms with Gasteiger partial charge in [0.1, 0.15) is 0 Å². The Hall–Kier alpha value is -1.65. The molecule has 0 aliphatic rings. The van der Waals surface area contributed by atoms with Crippen molar-refractivity contribution < 1.29 is 5.11 Å². The van der Waals surface area contributed by atoms with Crippen LogP contribution >= 0.6 is 0 Å². The zero-order valence-electron chi connectivity index (χ0n) is 15.8. The minimum atomic E-state index is 0.116. The lowest BCUT2D eigenvalue weighted by Gasteiger charge is -2.21. The minimum Gasteiger partial charge on any atom is -0.394 e. The van der Waals surface area contributed by atoms with Crippen molar-refractivity contribution in [1.82, 2.24) is 15.1 Å². The van der Waals surface area contributed by atoms with Crippen LogP contribution in [0.3, 0.4) is 0 Å². The molecule has 0 spiro atoms. The molecule has 0 aliphatic heterocycles. The number of aromatic nitrogens is 2. The van der Waals surface area contributed by atoms with Crippen molar-refractivity contribution in [2.24, 2.45) is 0 Å². The summed E-state index contributed by atoms with van der Waals surface area (Å²) in [6, 6.07) is 9.16. The van der Waals surface area contributed by atoms with Crippen molar-refractivity contribution in [3.8, 4) is 0 Å². The first-order valence-electron chi connectivity index (χ1n) is 8.71. The fraction of sp³-hybridized carbons (Fsp3) is 0.550. The predicted octanol–water partition coefficient (Wildman–Crippen LogP) is 3.64. The highest BCUT2D eigenvalue weighted by atomic mass is 16.3. The van der Waals surface area contributed by atoms with Crippen molar-refractivity contribution in [3.63, 3.8) is 0 Å². The maximum Gasteiger partial charge on any atom is 0.0644 e. The fourth-order valence-corrected chi connectivity index (χ4v) is 2.95. The largest absolute Gasteiger partial charge is 0.394 e. The second-order valence-corrected chi connectivity index (χ2v) is 7.57. The quantitative estimate of drug-likeness (QED) is 0.851. The molecule has 4 nitrogen and oxygen atoms in total. The molecule has 2 N–H and O–H groups in total. The smallest absolute Gasteiger partial charge is 0.0644 e. The predicted molar refractivity (Wildman–Crippen MR) is 99.2 cm³/mol. The number of aliphatic hydroxyl groups excluding tert-OH is 1. The molecule has 0 saturated carbocycles. The highest BCUT2D eigenvalue weighted by Crippen LogP contribution is 2.24. The number of nitrogens with one attached hydrogen (secondary N) is 1. The summed E-state index contributed by atoms with van der Waals surface area (Å²) < 4.78 is 1.88. The van der Waals surface area contributed by atoms with Gasteiger partial charge in [-0.2, -0.15) is 5.10 Å². The first-order chi connectivity index (χ1) is 11.2. The van der Waals surface area contributed by atoms with Gasteiger partial charge in [0.15, 0.2) is 0 Å². The van der Waals surface area contributed by atoms with Gasteiger partial charge in [-0.1, -0.05) is 45.0 Å². The average molecular weight is 329 g/mol. The van der Waals surface area contributed by atoms with Crippen LogP contribution in [0, 0.1) is 13.8 Å². The van der Waals surface area contributed by atoms with Crippen molar-refractivity contribution in [2.75, 3.05) is 6.61 Å². The number of hydrogen-bond acceptors (Lipinski definition) is 3. The Kier molecular flexibility index (Phi) is 5.83. The lowest BCUT2D eigenvalue weighted by atomic mass is 9.86. The van der Waals surface area contributed by atoms with E-state index in [-0.39, 0.29) is 18.1 Å². The first-order valence-corrected chi connectivity index (χ1v) is 8.71. The second kappa shape index (κ2) is 7.49. The zero-order valence-corrected chi connectivity index (χ0v) is 15.8. The highest BCUT2D eigenvalue weighted by molar-refractivity contribution is 5.29. The fourth-order valence-electron chi connectivity index (χ4n) is 2.95. The molecule has 0 saturated heterocycles. The number of aliphatic hydroxyl groups is 1. The second-order valence-electron chi connectivity index (χ2n) is 7.57. The van der Waals surface area contributed by atoms with Gasteiger partial charge in [-0.15, -0.1) is 0 Å². The van der Waals surface area contributed by atoms with Crippen LogP contribution in [-0.4, -0.2) is 21.5 Å².